The molecule has 3 aromatic carbocycles. The largest absolute Gasteiger partial charge is 0.459 e. The fraction of sp³-hybridized carbons (Fsp3) is 0.460. The molecule has 1 heterocycles. The van der Waals surface area contributed by atoms with Crippen LogP contribution in [0.25, 0.3) is 6.08 Å². The van der Waals surface area contributed by atoms with E-state index < -0.39 is 28.3 Å². The Kier molecular flexibility index (Phi) is 15.7. The minimum atomic E-state index is -1.45. The van der Waals surface area contributed by atoms with Crippen LogP contribution in [0.2, 0.25) is 0 Å². The lowest BCUT2D eigenvalue weighted by Gasteiger charge is -2.60. The molecule has 0 saturated heterocycles. The van der Waals surface area contributed by atoms with E-state index in [1.54, 1.807) is 53.5 Å². The minimum absolute atomic E-state index is 0.00730. The number of nitro groups is 1. The van der Waals surface area contributed by atoms with Gasteiger partial charge in [0.2, 0.25) is 11.7 Å². The molecule has 2 N–H and O–H groups in total. The number of hydrogen-bond acceptors (Lipinski definition) is 11. The first kappa shape index (κ1) is 46.9. The van der Waals surface area contributed by atoms with Gasteiger partial charge in [0.25, 0.3) is 5.69 Å². The van der Waals surface area contributed by atoms with E-state index in [0.29, 0.717) is 59.9 Å². The number of unbranched alkanes of at least 4 members (excludes halogenated alkanes) is 2. The Morgan fingerprint density at radius 1 is 1.02 bits per heavy atom. The van der Waals surface area contributed by atoms with Crippen molar-refractivity contribution in [3.8, 4) is 17.2 Å². The Morgan fingerprint density at radius 3 is 2.41 bits per heavy atom. The first-order valence-corrected chi connectivity index (χ1v) is 22.1. The molecule has 0 radical (unpaired) electrons. The second kappa shape index (κ2) is 21.2. The highest BCUT2D eigenvalue weighted by atomic mass is 16.7. The van der Waals surface area contributed by atoms with Gasteiger partial charge >= 0.3 is 0 Å². The van der Waals surface area contributed by atoms with Gasteiger partial charge in [0.1, 0.15) is 35.2 Å². The number of aliphatic hydroxyl groups excluding tert-OH is 2. The molecule has 6 rings (SSSR count). The number of allylic oxidation sites excluding steroid dienone is 1. The number of nitrogens with zero attached hydrogens (tertiary/aromatic N) is 3. The van der Waals surface area contributed by atoms with Gasteiger partial charge in [0, 0.05) is 61.4 Å². The zero-order valence-electron chi connectivity index (χ0n) is 36.8. The van der Waals surface area contributed by atoms with Crippen molar-refractivity contribution in [2.75, 3.05) is 26.4 Å². The fourth-order valence-corrected chi connectivity index (χ4v) is 9.32. The molecule has 63 heavy (non-hydrogen) atoms. The molecule has 0 spiro atoms. The van der Waals surface area contributed by atoms with Crippen LogP contribution in [-0.4, -0.2) is 81.7 Å². The Labute approximate surface area is 370 Å². The molecular formula is C50H61N3O10. The van der Waals surface area contributed by atoms with E-state index in [9.17, 15) is 29.9 Å². The number of aldehydes is 1. The van der Waals surface area contributed by atoms with Gasteiger partial charge in [-0.3, -0.25) is 19.7 Å². The summed E-state index contributed by atoms with van der Waals surface area (Å²) in [6.45, 7) is 12.4. The summed E-state index contributed by atoms with van der Waals surface area (Å²) in [5.41, 5.74) is 2.93. The number of rotatable bonds is 21. The maximum Gasteiger partial charge on any atom is 0.269 e. The van der Waals surface area contributed by atoms with Crippen LogP contribution in [0.5, 0.6) is 17.2 Å². The highest BCUT2D eigenvalue weighted by molar-refractivity contribution is 6.03. The lowest BCUT2D eigenvalue weighted by atomic mass is 9.55. The summed E-state index contributed by atoms with van der Waals surface area (Å²) in [7, 11) is 0. The SMILES string of the molecule is C=CCO[C@@]12Oc3ccc(Oc4cccc(C=O)c4)cc3[C@H]3[C@H](CCCCO)[C@@H](CCCCO)C=C(C(=NOC(C)(C)C)C[C@@H]1N(CCC)C(=O)C=Cc1ccc([N+](=O)[O-])cc1)[C@H]32. The van der Waals surface area contributed by atoms with Crippen LogP contribution >= 0.6 is 0 Å². The predicted octanol–water partition coefficient (Wildman–Crippen LogP) is 9.58. The second-order valence-corrected chi connectivity index (χ2v) is 17.5. The zero-order chi connectivity index (χ0) is 45.1. The number of carbonyl (C=O) groups excluding carboxylic acids is 2. The maximum absolute atomic E-state index is 14.7. The summed E-state index contributed by atoms with van der Waals surface area (Å²) < 4.78 is 20.8. The summed E-state index contributed by atoms with van der Waals surface area (Å²) in [6, 6.07) is 18.0. The topological polar surface area (TPSA) is 170 Å². The van der Waals surface area contributed by atoms with Crippen molar-refractivity contribution in [2.45, 2.75) is 102 Å². The molecule has 3 aromatic rings. The lowest BCUT2D eigenvalue weighted by Crippen LogP contribution is -2.70. The Hall–Kier alpha value is -5.63. The van der Waals surface area contributed by atoms with Gasteiger partial charge in [-0.15, -0.1) is 6.58 Å². The van der Waals surface area contributed by atoms with Crippen molar-refractivity contribution in [3.63, 3.8) is 0 Å². The van der Waals surface area contributed by atoms with E-state index in [1.165, 1.54) is 18.2 Å². The monoisotopic (exact) mass is 863 g/mol. The average molecular weight is 864 g/mol. The summed E-state index contributed by atoms with van der Waals surface area (Å²) in [5, 5.41) is 36.1. The van der Waals surface area contributed by atoms with Crippen LogP contribution < -0.4 is 9.47 Å². The Bertz CT molecular complexity index is 2180. The number of oxime groups is 1. The number of carbonyl (C=O) groups is 2. The van der Waals surface area contributed by atoms with Crippen molar-refractivity contribution < 1.29 is 43.8 Å². The highest BCUT2D eigenvalue weighted by Gasteiger charge is 2.65. The maximum atomic E-state index is 14.7. The number of nitro benzene ring substituents is 1. The third-order valence-electron chi connectivity index (χ3n) is 12.0. The number of hydrogen-bond donors (Lipinski definition) is 2. The van der Waals surface area contributed by atoms with Gasteiger partial charge in [-0.1, -0.05) is 49.2 Å². The standard InChI is InChI=1S/C50H61N3O10/c1-6-25-52(46(57)24-19-34-17-20-37(21-18-34)53(58)59)45-32-43(51-63-49(3,4)5)41-30-36(14-8-10-26-54)40(16-9-11-27-55)47-42-31-39(61-38-15-12-13-35(29-38)33-56)22-23-44(42)62-50(45,48(41)47)60-28-7-2/h7,12-13,15,17-24,29-31,33,36,40,45,47-48,54-55H,2,6,8-11,14,16,25-28,32H2,1,3-5H3/t36-,40+,45-,47+,48+,50+/m0/s1. The van der Waals surface area contributed by atoms with Crippen LogP contribution in [0.1, 0.15) is 106 Å². The number of ether oxygens (including phenoxy) is 3. The summed E-state index contributed by atoms with van der Waals surface area (Å²) in [5.74, 6) is -0.835. The molecule has 13 heteroatoms. The van der Waals surface area contributed by atoms with E-state index in [1.807, 2.05) is 45.9 Å². The van der Waals surface area contributed by atoms with Crippen LogP contribution in [-0.2, 0) is 14.4 Å². The fourth-order valence-electron chi connectivity index (χ4n) is 9.32. The molecular weight excluding hydrogens is 803 g/mol. The molecule has 0 bridgehead atoms. The molecule has 1 fully saturated rings. The van der Waals surface area contributed by atoms with Crippen LogP contribution in [0.3, 0.4) is 0 Å². The lowest BCUT2D eigenvalue weighted by molar-refractivity contribution is -0.384. The van der Waals surface area contributed by atoms with E-state index in [2.05, 4.69) is 12.7 Å². The normalized spacial score (nSPS) is 23.2. The molecule has 1 saturated carbocycles. The van der Waals surface area contributed by atoms with Crippen molar-refractivity contribution >= 4 is 29.7 Å². The van der Waals surface area contributed by atoms with Crippen LogP contribution in [0.15, 0.2) is 102 Å². The van der Waals surface area contributed by atoms with Gasteiger partial charge in [-0.05, 0) is 124 Å². The third kappa shape index (κ3) is 10.9. The molecule has 1 amide bonds. The number of aliphatic hydroxyl groups is 2. The Balaban J connectivity index is 1.57. The van der Waals surface area contributed by atoms with E-state index in [0.717, 1.165) is 43.1 Å². The van der Waals surface area contributed by atoms with Gasteiger partial charge in [-0.25, -0.2) is 0 Å². The molecule has 0 aromatic heterocycles. The smallest absolute Gasteiger partial charge is 0.269 e. The number of benzene rings is 3. The molecule has 2 aliphatic carbocycles. The van der Waals surface area contributed by atoms with Crippen molar-refractivity contribution in [2.24, 2.45) is 22.9 Å². The van der Waals surface area contributed by atoms with Crippen molar-refractivity contribution in [1.82, 2.24) is 4.90 Å². The molecule has 336 valence electrons. The number of fused-ring (bicyclic) bond motifs is 2. The number of amides is 1. The molecule has 13 nitrogen and oxygen atoms in total. The second-order valence-electron chi connectivity index (χ2n) is 17.5. The number of non-ortho nitro benzene ring substituents is 1. The predicted molar refractivity (Wildman–Crippen MR) is 242 cm³/mol. The van der Waals surface area contributed by atoms with Gasteiger partial charge in [0.15, 0.2) is 0 Å². The van der Waals surface area contributed by atoms with Crippen molar-refractivity contribution in [1.29, 1.82) is 0 Å². The molecule has 3 aliphatic rings. The third-order valence-corrected chi connectivity index (χ3v) is 12.0. The summed E-state index contributed by atoms with van der Waals surface area (Å²) in [6.07, 6.45) is 13.2. The Morgan fingerprint density at radius 2 is 1.75 bits per heavy atom. The van der Waals surface area contributed by atoms with Gasteiger partial charge in [-0.2, -0.15) is 0 Å². The quantitative estimate of drug-likeness (QED) is 0.0263. The molecule has 0 unspecified atom stereocenters. The molecule has 6 atom stereocenters. The summed E-state index contributed by atoms with van der Waals surface area (Å²) >= 11 is 0. The first-order valence-electron chi connectivity index (χ1n) is 22.1. The highest BCUT2D eigenvalue weighted by Crippen LogP contribution is 2.62. The minimum Gasteiger partial charge on any atom is -0.459 e. The van der Waals surface area contributed by atoms with Gasteiger partial charge < -0.3 is 34.2 Å². The zero-order valence-corrected chi connectivity index (χ0v) is 36.8. The van der Waals surface area contributed by atoms with E-state index >= 15 is 0 Å². The average Bonchev–Trinajstić information content (AvgIpc) is 3.27. The van der Waals surface area contributed by atoms with Crippen LogP contribution in [0.4, 0.5) is 5.69 Å². The molecule has 1 aliphatic heterocycles. The van der Waals surface area contributed by atoms with E-state index in [4.69, 9.17) is 24.2 Å². The van der Waals surface area contributed by atoms with Crippen molar-refractivity contribution in [3.05, 3.63) is 124 Å². The van der Waals surface area contributed by atoms with Crippen LogP contribution in [0, 0.1) is 27.9 Å². The van der Waals surface area contributed by atoms with E-state index in [-0.39, 0.29) is 55.6 Å². The van der Waals surface area contributed by atoms with Gasteiger partial charge in [0.05, 0.1) is 23.2 Å². The summed E-state index contributed by atoms with van der Waals surface area (Å²) in [4.78, 5) is 45.3. The first-order chi connectivity index (χ1) is 30.4.